The van der Waals surface area contributed by atoms with Crippen molar-refractivity contribution in [2.24, 2.45) is 5.92 Å². The van der Waals surface area contributed by atoms with Crippen molar-refractivity contribution in [3.63, 3.8) is 0 Å². The number of nitrogens with zero attached hydrogens (tertiary/aromatic N) is 1. The number of hydrogen-bond acceptors (Lipinski definition) is 3. The number of rotatable bonds is 6. The van der Waals surface area contributed by atoms with E-state index in [9.17, 15) is 0 Å². The molecule has 0 spiro atoms. The van der Waals surface area contributed by atoms with Crippen LogP contribution in [0, 0.1) is 5.92 Å². The van der Waals surface area contributed by atoms with E-state index in [0.29, 0.717) is 6.04 Å². The molecule has 0 aliphatic carbocycles. The van der Waals surface area contributed by atoms with Crippen molar-refractivity contribution in [3.05, 3.63) is 28.8 Å². The lowest BCUT2D eigenvalue weighted by atomic mass is 10.1. The summed E-state index contributed by atoms with van der Waals surface area (Å²) in [4.78, 5) is 2.49. The summed E-state index contributed by atoms with van der Waals surface area (Å²) in [6.07, 6.45) is 1.25. The van der Waals surface area contributed by atoms with E-state index in [1.807, 2.05) is 6.07 Å². The van der Waals surface area contributed by atoms with Gasteiger partial charge in [0.15, 0.2) is 0 Å². The molecule has 1 aromatic rings. The minimum atomic E-state index is 0.584. The molecule has 0 bridgehead atoms. The molecule has 1 fully saturated rings. The van der Waals surface area contributed by atoms with Crippen LogP contribution in [0.25, 0.3) is 0 Å². The smallest absolute Gasteiger partial charge is 0.0587 e. The van der Waals surface area contributed by atoms with Gasteiger partial charge in [0.25, 0.3) is 0 Å². The first-order valence-electron chi connectivity index (χ1n) is 7.36. The van der Waals surface area contributed by atoms with Gasteiger partial charge >= 0.3 is 0 Å². The summed E-state index contributed by atoms with van der Waals surface area (Å²) < 4.78 is 5.07. The predicted octanol–water partition coefficient (Wildman–Crippen LogP) is 3.31. The van der Waals surface area contributed by atoms with Crippen LogP contribution in [0.15, 0.2) is 18.2 Å². The maximum Gasteiger partial charge on any atom is 0.0587 e. The molecule has 0 aromatic heterocycles. The molecule has 1 heterocycles. The van der Waals surface area contributed by atoms with E-state index in [4.69, 9.17) is 16.3 Å². The standard InChI is InChI=1S/C16H25ClN2O/c1-12-8-13(2)19(11-12)16-9-15(17)5-4-14(16)10-18-6-7-20-3/h4-5,9,12-13,18H,6-8,10-11H2,1-3H3. The predicted molar refractivity (Wildman–Crippen MR) is 85.6 cm³/mol. The number of ether oxygens (including phenoxy) is 1. The first kappa shape index (κ1) is 15.6. The Labute approximate surface area is 127 Å². The summed E-state index contributed by atoms with van der Waals surface area (Å²) in [5.41, 5.74) is 2.59. The van der Waals surface area contributed by atoms with Crippen molar-refractivity contribution in [3.8, 4) is 0 Å². The molecule has 2 rings (SSSR count). The minimum absolute atomic E-state index is 0.584. The first-order chi connectivity index (χ1) is 9.61. The lowest BCUT2D eigenvalue weighted by molar-refractivity contribution is 0.199. The summed E-state index contributed by atoms with van der Waals surface area (Å²) in [7, 11) is 1.72. The average molecular weight is 297 g/mol. The lowest BCUT2D eigenvalue weighted by Crippen LogP contribution is -2.29. The van der Waals surface area contributed by atoms with E-state index in [1.165, 1.54) is 17.7 Å². The minimum Gasteiger partial charge on any atom is -0.383 e. The molecule has 2 atom stereocenters. The first-order valence-corrected chi connectivity index (χ1v) is 7.74. The van der Waals surface area contributed by atoms with Crippen LogP contribution < -0.4 is 10.2 Å². The number of hydrogen-bond donors (Lipinski definition) is 1. The summed E-state index contributed by atoms with van der Waals surface area (Å²) in [6.45, 7) is 8.19. The Hall–Kier alpha value is -0.770. The van der Waals surface area contributed by atoms with Gasteiger partial charge in [-0.2, -0.15) is 0 Å². The molecule has 1 saturated heterocycles. The van der Waals surface area contributed by atoms with Gasteiger partial charge in [-0.15, -0.1) is 0 Å². The molecule has 0 radical (unpaired) electrons. The monoisotopic (exact) mass is 296 g/mol. The van der Waals surface area contributed by atoms with Crippen LogP contribution in [0.5, 0.6) is 0 Å². The Morgan fingerprint density at radius 2 is 2.20 bits per heavy atom. The Kier molecular flexibility index (Phi) is 5.70. The Morgan fingerprint density at radius 3 is 2.85 bits per heavy atom. The van der Waals surface area contributed by atoms with Crippen LogP contribution >= 0.6 is 11.6 Å². The van der Waals surface area contributed by atoms with Gasteiger partial charge in [-0.25, -0.2) is 0 Å². The number of benzene rings is 1. The molecular weight excluding hydrogens is 272 g/mol. The summed E-state index contributed by atoms with van der Waals surface area (Å²) in [5, 5.41) is 4.23. The van der Waals surface area contributed by atoms with Crippen LogP contribution in [0.4, 0.5) is 5.69 Å². The molecule has 1 aliphatic rings. The number of methoxy groups -OCH3 is 1. The van der Waals surface area contributed by atoms with Gasteiger partial charge in [-0.3, -0.25) is 0 Å². The Bertz CT molecular complexity index is 438. The quantitative estimate of drug-likeness (QED) is 0.815. The molecule has 1 aliphatic heterocycles. The third kappa shape index (κ3) is 3.87. The second-order valence-electron chi connectivity index (χ2n) is 5.78. The highest BCUT2D eigenvalue weighted by Crippen LogP contribution is 2.33. The number of nitrogens with one attached hydrogen (secondary N) is 1. The van der Waals surface area contributed by atoms with E-state index in [1.54, 1.807) is 7.11 Å². The molecule has 1 N–H and O–H groups in total. The van der Waals surface area contributed by atoms with Crippen LogP contribution in [0.3, 0.4) is 0 Å². The van der Waals surface area contributed by atoms with Crippen molar-refractivity contribution < 1.29 is 4.74 Å². The summed E-state index contributed by atoms with van der Waals surface area (Å²) in [5.74, 6) is 0.748. The Balaban J connectivity index is 2.11. The third-order valence-electron chi connectivity index (χ3n) is 3.94. The van der Waals surface area contributed by atoms with E-state index in [-0.39, 0.29) is 0 Å². The van der Waals surface area contributed by atoms with E-state index in [0.717, 1.165) is 37.2 Å². The molecule has 20 heavy (non-hydrogen) atoms. The molecule has 1 aromatic carbocycles. The molecule has 0 amide bonds. The van der Waals surface area contributed by atoms with Crippen LogP contribution in [0.2, 0.25) is 5.02 Å². The largest absolute Gasteiger partial charge is 0.383 e. The molecular formula is C16H25ClN2O. The fourth-order valence-corrected chi connectivity index (χ4v) is 3.15. The van der Waals surface area contributed by atoms with Crippen molar-refractivity contribution in [1.29, 1.82) is 0 Å². The van der Waals surface area contributed by atoms with Gasteiger partial charge in [-0.05, 0) is 37.0 Å². The van der Waals surface area contributed by atoms with Crippen LogP contribution in [-0.4, -0.2) is 32.8 Å². The molecule has 4 heteroatoms. The van der Waals surface area contributed by atoms with Crippen molar-refractivity contribution in [1.82, 2.24) is 5.32 Å². The highest BCUT2D eigenvalue weighted by Gasteiger charge is 2.27. The molecule has 0 saturated carbocycles. The third-order valence-corrected chi connectivity index (χ3v) is 4.17. The SMILES string of the molecule is COCCNCc1ccc(Cl)cc1N1CC(C)CC1C. The average Bonchev–Trinajstić information content (AvgIpc) is 2.75. The number of anilines is 1. The maximum atomic E-state index is 6.20. The Morgan fingerprint density at radius 1 is 1.40 bits per heavy atom. The van der Waals surface area contributed by atoms with Gasteiger partial charge in [0.05, 0.1) is 6.61 Å². The van der Waals surface area contributed by atoms with E-state index >= 15 is 0 Å². The number of halogens is 1. The second kappa shape index (κ2) is 7.30. The van der Waals surface area contributed by atoms with Crippen molar-refractivity contribution in [2.75, 3.05) is 31.7 Å². The van der Waals surface area contributed by atoms with E-state index in [2.05, 4.69) is 36.2 Å². The maximum absolute atomic E-state index is 6.20. The second-order valence-corrected chi connectivity index (χ2v) is 6.22. The summed E-state index contributed by atoms with van der Waals surface area (Å²) in [6, 6.07) is 6.79. The topological polar surface area (TPSA) is 24.5 Å². The van der Waals surface area contributed by atoms with Crippen molar-refractivity contribution >= 4 is 17.3 Å². The van der Waals surface area contributed by atoms with Crippen molar-refractivity contribution in [2.45, 2.75) is 32.9 Å². The normalized spacial score (nSPS) is 22.5. The van der Waals surface area contributed by atoms with Gasteiger partial charge in [0.1, 0.15) is 0 Å². The van der Waals surface area contributed by atoms with Gasteiger partial charge in [0, 0.05) is 43.5 Å². The van der Waals surface area contributed by atoms with Crippen LogP contribution in [-0.2, 0) is 11.3 Å². The van der Waals surface area contributed by atoms with Gasteiger partial charge in [-0.1, -0.05) is 24.6 Å². The fraction of sp³-hybridized carbons (Fsp3) is 0.625. The highest BCUT2D eigenvalue weighted by molar-refractivity contribution is 6.30. The van der Waals surface area contributed by atoms with E-state index < -0.39 is 0 Å². The zero-order chi connectivity index (χ0) is 14.5. The molecule has 112 valence electrons. The summed E-state index contributed by atoms with van der Waals surface area (Å²) >= 11 is 6.20. The van der Waals surface area contributed by atoms with Crippen LogP contribution in [0.1, 0.15) is 25.8 Å². The van der Waals surface area contributed by atoms with Gasteiger partial charge < -0.3 is 15.0 Å². The highest BCUT2D eigenvalue weighted by atomic mass is 35.5. The van der Waals surface area contributed by atoms with Gasteiger partial charge in [0.2, 0.25) is 0 Å². The molecule has 3 nitrogen and oxygen atoms in total. The fourth-order valence-electron chi connectivity index (χ4n) is 2.99. The lowest BCUT2D eigenvalue weighted by Gasteiger charge is -2.27. The zero-order valence-electron chi connectivity index (χ0n) is 12.7. The zero-order valence-corrected chi connectivity index (χ0v) is 13.4. The molecule has 2 unspecified atom stereocenters.